The largest absolute Gasteiger partial charge is 0.453 e. The van der Waals surface area contributed by atoms with Crippen molar-refractivity contribution in [2.45, 2.75) is 0 Å². The van der Waals surface area contributed by atoms with E-state index >= 15 is 0 Å². The number of nitrogens with zero attached hydrogens (tertiary/aromatic N) is 1. The van der Waals surface area contributed by atoms with Crippen LogP contribution in [0.3, 0.4) is 0 Å². The van der Waals surface area contributed by atoms with Crippen LogP contribution in [0.4, 0.5) is 0 Å². The molecule has 2 aromatic heterocycles. The third kappa shape index (κ3) is 2.39. The number of nitrogens with one attached hydrogen (secondary N) is 1. The highest BCUT2D eigenvalue weighted by Crippen LogP contribution is 2.29. The normalized spacial score (nSPS) is 11.2. The molecule has 0 atom stereocenters. The first-order valence-electron chi connectivity index (χ1n) is 6.70. The first kappa shape index (κ1) is 13.4. The monoisotopic (exact) mass is 328 g/mol. The minimum atomic E-state index is 0.670. The van der Waals surface area contributed by atoms with Gasteiger partial charge < -0.3 is 9.40 Å². The summed E-state index contributed by atoms with van der Waals surface area (Å²) >= 11 is 11.9. The molecule has 2 heterocycles. The van der Waals surface area contributed by atoms with Gasteiger partial charge in [-0.1, -0.05) is 23.2 Å². The van der Waals surface area contributed by atoms with E-state index in [1.165, 1.54) is 0 Å². The Balaban J connectivity index is 1.74. The number of furan rings is 1. The average molecular weight is 329 g/mol. The maximum absolute atomic E-state index is 5.99. The number of aromatic amines is 1. The maximum Gasteiger partial charge on any atom is 0.174 e. The van der Waals surface area contributed by atoms with Crippen LogP contribution in [-0.4, -0.2) is 9.97 Å². The van der Waals surface area contributed by atoms with E-state index in [9.17, 15) is 0 Å². The molecule has 0 unspecified atom stereocenters. The minimum absolute atomic E-state index is 0.670. The first-order valence-corrected chi connectivity index (χ1v) is 7.46. The number of rotatable bonds is 2. The van der Waals surface area contributed by atoms with Crippen LogP contribution in [0.2, 0.25) is 10.0 Å². The van der Waals surface area contributed by atoms with E-state index in [2.05, 4.69) is 9.97 Å². The zero-order chi connectivity index (χ0) is 15.1. The van der Waals surface area contributed by atoms with Crippen LogP contribution >= 0.6 is 23.2 Å². The Morgan fingerprint density at radius 1 is 0.818 bits per heavy atom. The molecular weight excluding hydrogens is 319 g/mol. The summed E-state index contributed by atoms with van der Waals surface area (Å²) < 4.78 is 5.89. The zero-order valence-corrected chi connectivity index (χ0v) is 12.8. The summed E-state index contributed by atoms with van der Waals surface area (Å²) in [7, 11) is 0. The Kier molecular flexibility index (Phi) is 3.17. The lowest BCUT2D eigenvalue weighted by Crippen LogP contribution is -1.75. The van der Waals surface area contributed by atoms with Crippen molar-refractivity contribution in [3.05, 3.63) is 64.6 Å². The van der Waals surface area contributed by atoms with Crippen molar-refractivity contribution >= 4 is 34.2 Å². The van der Waals surface area contributed by atoms with Gasteiger partial charge in [0.15, 0.2) is 11.6 Å². The molecule has 0 bridgehead atoms. The van der Waals surface area contributed by atoms with Crippen LogP contribution in [0.15, 0.2) is 59.0 Å². The maximum atomic E-state index is 5.99. The van der Waals surface area contributed by atoms with Gasteiger partial charge in [-0.15, -0.1) is 0 Å². The number of halogens is 2. The van der Waals surface area contributed by atoms with Gasteiger partial charge in [0.25, 0.3) is 0 Å². The van der Waals surface area contributed by atoms with E-state index in [-0.39, 0.29) is 0 Å². The molecule has 0 radical (unpaired) electrons. The minimum Gasteiger partial charge on any atom is -0.453 e. The summed E-state index contributed by atoms with van der Waals surface area (Å²) in [5.74, 6) is 2.12. The Morgan fingerprint density at radius 2 is 1.55 bits per heavy atom. The lowest BCUT2D eigenvalue weighted by atomic mass is 10.2. The number of hydrogen-bond donors (Lipinski definition) is 1. The Hall–Kier alpha value is -2.23. The van der Waals surface area contributed by atoms with E-state index in [1.54, 1.807) is 0 Å². The van der Waals surface area contributed by atoms with E-state index in [0.29, 0.717) is 21.6 Å². The van der Waals surface area contributed by atoms with Crippen molar-refractivity contribution in [1.29, 1.82) is 0 Å². The van der Waals surface area contributed by atoms with Gasteiger partial charge >= 0.3 is 0 Å². The quantitative estimate of drug-likeness (QED) is 0.505. The van der Waals surface area contributed by atoms with E-state index in [4.69, 9.17) is 27.6 Å². The highest BCUT2D eigenvalue weighted by molar-refractivity contribution is 6.31. The topological polar surface area (TPSA) is 41.8 Å². The van der Waals surface area contributed by atoms with Gasteiger partial charge in [-0.3, -0.25) is 0 Å². The van der Waals surface area contributed by atoms with E-state index < -0.39 is 0 Å². The predicted molar refractivity (Wildman–Crippen MR) is 89.3 cm³/mol. The number of H-pyrrole nitrogens is 1. The summed E-state index contributed by atoms with van der Waals surface area (Å²) in [6.07, 6.45) is 0. The molecule has 108 valence electrons. The summed E-state index contributed by atoms with van der Waals surface area (Å²) in [5.41, 5.74) is 2.70. The summed E-state index contributed by atoms with van der Waals surface area (Å²) in [6.45, 7) is 0. The predicted octanol–water partition coefficient (Wildman–Crippen LogP) is 5.80. The van der Waals surface area contributed by atoms with Crippen molar-refractivity contribution < 1.29 is 4.42 Å². The van der Waals surface area contributed by atoms with Gasteiger partial charge in [0.05, 0.1) is 11.0 Å². The summed E-state index contributed by atoms with van der Waals surface area (Å²) in [6, 6.07) is 16.9. The van der Waals surface area contributed by atoms with E-state index in [1.807, 2.05) is 54.6 Å². The molecule has 0 fully saturated rings. The molecule has 4 rings (SSSR count). The molecule has 1 N–H and O–H groups in total. The van der Waals surface area contributed by atoms with Crippen LogP contribution in [0.25, 0.3) is 33.9 Å². The van der Waals surface area contributed by atoms with E-state index in [0.717, 1.165) is 22.4 Å². The van der Waals surface area contributed by atoms with Crippen LogP contribution in [-0.2, 0) is 0 Å². The average Bonchev–Trinajstić information content (AvgIpc) is 3.13. The SMILES string of the molecule is Clc1ccc(-c2ccc(-c3nc4ccc(Cl)cc4[nH]3)o2)cc1. The lowest BCUT2D eigenvalue weighted by Gasteiger charge is -1.96. The van der Waals surface area contributed by atoms with Gasteiger partial charge in [0, 0.05) is 15.6 Å². The fourth-order valence-electron chi connectivity index (χ4n) is 2.33. The first-order chi connectivity index (χ1) is 10.7. The van der Waals surface area contributed by atoms with Crippen LogP contribution in [0, 0.1) is 0 Å². The number of benzene rings is 2. The zero-order valence-electron chi connectivity index (χ0n) is 11.3. The van der Waals surface area contributed by atoms with Crippen molar-refractivity contribution in [3.63, 3.8) is 0 Å². The molecule has 0 aliphatic heterocycles. The van der Waals surface area contributed by atoms with Crippen molar-refractivity contribution in [2.24, 2.45) is 0 Å². The molecule has 2 aromatic carbocycles. The second kappa shape index (κ2) is 5.20. The highest BCUT2D eigenvalue weighted by atomic mass is 35.5. The van der Waals surface area contributed by atoms with Crippen molar-refractivity contribution in [2.75, 3.05) is 0 Å². The smallest absolute Gasteiger partial charge is 0.174 e. The molecule has 22 heavy (non-hydrogen) atoms. The third-order valence-electron chi connectivity index (χ3n) is 3.41. The molecule has 3 nitrogen and oxygen atoms in total. The number of fused-ring (bicyclic) bond motifs is 1. The summed E-state index contributed by atoms with van der Waals surface area (Å²) in [4.78, 5) is 7.73. The van der Waals surface area contributed by atoms with Gasteiger partial charge in [0.2, 0.25) is 0 Å². The number of aromatic nitrogens is 2. The van der Waals surface area contributed by atoms with Crippen molar-refractivity contribution in [1.82, 2.24) is 9.97 Å². The second-order valence-corrected chi connectivity index (χ2v) is 5.79. The molecule has 0 aliphatic rings. The van der Waals surface area contributed by atoms with Crippen LogP contribution in [0.5, 0.6) is 0 Å². The molecule has 0 amide bonds. The van der Waals surface area contributed by atoms with Crippen molar-refractivity contribution in [3.8, 4) is 22.9 Å². The van der Waals surface area contributed by atoms with Gasteiger partial charge in [0.1, 0.15) is 5.76 Å². The fourth-order valence-corrected chi connectivity index (χ4v) is 2.63. The Bertz CT molecular complexity index is 954. The van der Waals surface area contributed by atoms with Crippen LogP contribution in [0.1, 0.15) is 0 Å². The Morgan fingerprint density at radius 3 is 2.36 bits per heavy atom. The van der Waals surface area contributed by atoms with Crippen LogP contribution < -0.4 is 0 Å². The standard InChI is InChI=1S/C17H10Cl2N2O/c18-11-3-1-10(2-4-11)15-7-8-16(22-15)17-20-13-6-5-12(19)9-14(13)21-17/h1-9H,(H,20,21). The number of imidazole rings is 1. The fraction of sp³-hybridized carbons (Fsp3) is 0. The van der Waals surface area contributed by atoms with Gasteiger partial charge in [-0.2, -0.15) is 0 Å². The summed E-state index contributed by atoms with van der Waals surface area (Å²) in [5, 5.41) is 1.37. The lowest BCUT2D eigenvalue weighted by molar-refractivity contribution is 0.593. The molecule has 0 aliphatic carbocycles. The molecular formula is C17H10Cl2N2O. The highest BCUT2D eigenvalue weighted by Gasteiger charge is 2.11. The molecule has 0 saturated heterocycles. The molecule has 0 spiro atoms. The molecule has 5 heteroatoms. The number of hydrogen-bond acceptors (Lipinski definition) is 2. The Labute approximate surface area is 136 Å². The van der Waals surface area contributed by atoms with Gasteiger partial charge in [-0.05, 0) is 54.6 Å². The second-order valence-electron chi connectivity index (χ2n) is 4.92. The molecule has 0 saturated carbocycles. The third-order valence-corrected chi connectivity index (χ3v) is 3.90. The molecule has 4 aromatic rings. The van der Waals surface area contributed by atoms with Gasteiger partial charge in [-0.25, -0.2) is 4.98 Å².